The van der Waals surface area contributed by atoms with Gasteiger partial charge in [-0.05, 0) is 40.5 Å². The smallest absolute Gasteiger partial charge is 0.408 e. The number of amides is 1. The third-order valence-electron chi connectivity index (χ3n) is 3.70. The van der Waals surface area contributed by atoms with Gasteiger partial charge in [0.15, 0.2) is 5.96 Å². The summed E-state index contributed by atoms with van der Waals surface area (Å²) >= 11 is 0. The Morgan fingerprint density at radius 2 is 1.59 bits per heavy atom. The minimum absolute atomic E-state index is 0. The molecule has 0 aromatic rings. The van der Waals surface area contributed by atoms with E-state index in [1.54, 1.807) is 20.8 Å². The normalized spacial score (nSPS) is 12.9. The molecule has 162 valence electrons. The molecule has 0 unspecified atom stereocenters. The highest BCUT2D eigenvalue weighted by molar-refractivity contribution is 14.0. The number of aliphatic imine (C=N–C) groups is 1. The molecule has 0 bridgehead atoms. The number of nitrogens with one attached hydrogen (secondary N) is 3. The van der Waals surface area contributed by atoms with Gasteiger partial charge < -0.3 is 20.7 Å². The van der Waals surface area contributed by atoms with E-state index >= 15 is 0 Å². The number of halogens is 4. The summed E-state index contributed by atoms with van der Waals surface area (Å²) in [6.45, 7) is 11.5. The number of carbonyl (C=O) groups excluding carboxylic acids is 1. The SMILES string of the molecule is CCNC(=NCC(CC)(CC)NC(=O)OC(C)(C)C)NCCC(F)(F)F.I. The lowest BCUT2D eigenvalue weighted by atomic mass is 9.93. The number of ether oxygens (including phenoxy) is 1. The topological polar surface area (TPSA) is 74.8 Å². The Morgan fingerprint density at radius 3 is 2.00 bits per heavy atom. The van der Waals surface area contributed by atoms with Gasteiger partial charge in [-0.2, -0.15) is 13.2 Å². The summed E-state index contributed by atoms with van der Waals surface area (Å²) in [5.74, 6) is 0.286. The molecular weight excluding hydrogens is 476 g/mol. The van der Waals surface area contributed by atoms with Gasteiger partial charge in [0.05, 0.1) is 18.5 Å². The number of alkyl carbamates (subject to hydrolysis) is 1. The van der Waals surface area contributed by atoms with E-state index < -0.39 is 29.8 Å². The quantitative estimate of drug-likeness (QED) is 0.260. The van der Waals surface area contributed by atoms with Crippen molar-refractivity contribution in [2.75, 3.05) is 19.6 Å². The first-order chi connectivity index (χ1) is 11.9. The van der Waals surface area contributed by atoms with Gasteiger partial charge >= 0.3 is 12.3 Å². The molecule has 0 atom stereocenters. The Morgan fingerprint density at radius 1 is 1.04 bits per heavy atom. The van der Waals surface area contributed by atoms with Crippen LogP contribution in [0.3, 0.4) is 0 Å². The maximum absolute atomic E-state index is 12.3. The van der Waals surface area contributed by atoms with Crippen molar-refractivity contribution in [2.24, 2.45) is 4.99 Å². The second-order valence-electron chi connectivity index (χ2n) is 7.10. The zero-order valence-corrected chi connectivity index (χ0v) is 19.4. The molecule has 6 nitrogen and oxygen atoms in total. The highest BCUT2D eigenvalue weighted by Gasteiger charge is 2.31. The van der Waals surface area contributed by atoms with Crippen molar-refractivity contribution in [2.45, 2.75) is 78.1 Å². The van der Waals surface area contributed by atoms with Crippen LogP contribution in [0.15, 0.2) is 4.99 Å². The first-order valence-electron chi connectivity index (χ1n) is 8.96. The second-order valence-corrected chi connectivity index (χ2v) is 7.10. The van der Waals surface area contributed by atoms with E-state index in [9.17, 15) is 18.0 Å². The van der Waals surface area contributed by atoms with Crippen LogP contribution in [0, 0.1) is 0 Å². The molecule has 27 heavy (non-hydrogen) atoms. The van der Waals surface area contributed by atoms with Gasteiger partial charge in [0.1, 0.15) is 5.60 Å². The number of hydrogen-bond donors (Lipinski definition) is 3. The van der Waals surface area contributed by atoms with Crippen LogP contribution >= 0.6 is 24.0 Å². The number of guanidine groups is 1. The van der Waals surface area contributed by atoms with Gasteiger partial charge in [-0.3, -0.25) is 4.99 Å². The van der Waals surface area contributed by atoms with Gasteiger partial charge in [0.25, 0.3) is 0 Å². The molecule has 1 amide bonds. The maximum atomic E-state index is 12.3. The molecule has 0 fully saturated rings. The summed E-state index contributed by atoms with van der Waals surface area (Å²) in [6.07, 6.45) is -4.49. The molecule has 0 saturated carbocycles. The molecule has 3 N–H and O–H groups in total. The maximum Gasteiger partial charge on any atom is 0.408 e. The first kappa shape index (κ1) is 28.3. The van der Waals surface area contributed by atoms with Crippen molar-refractivity contribution in [3.05, 3.63) is 0 Å². The van der Waals surface area contributed by atoms with Gasteiger partial charge in [-0.25, -0.2) is 4.79 Å². The van der Waals surface area contributed by atoms with Crippen molar-refractivity contribution in [1.29, 1.82) is 0 Å². The Hall–Kier alpha value is -0.940. The summed E-state index contributed by atoms with van der Waals surface area (Å²) in [7, 11) is 0. The standard InChI is InChI=1S/C17H33F3N4O2.HI/c1-7-16(8-2,24-14(25)26-15(4,5)6)12-23-13(21-9-3)22-11-10-17(18,19)20;/h7-12H2,1-6H3,(H,24,25)(H2,21,22,23);1H. The summed E-state index contributed by atoms with van der Waals surface area (Å²) in [6, 6.07) is 0. The van der Waals surface area contributed by atoms with Crippen molar-refractivity contribution >= 4 is 36.0 Å². The molecule has 0 rings (SSSR count). The van der Waals surface area contributed by atoms with Crippen molar-refractivity contribution in [3.63, 3.8) is 0 Å². The molecule has 0 saturated heterocycles. The van der Waals surface area contributed by atoms with Crippen LogP contribution in [0.4, 0.5) is 18.0 Å². The largest absolute Gasteiger partial charge is 0.444 e. The Kier molecular flexibility index (Phi) is 13.1. The number of carbonyl (C=O) groups is 1. The highest BCUT2D eigenvalue weighted by atomic mass is 127. The fraction of sp³-hybridized carbons (Fsp3) is 0.882. The van der Waals surface area contributed by atoms with Crippen LogP contribution in [0.25, 0.3) is 0 Å². The monoisotopic (exact) mass is 510 g/mol. The average molecular weight is 510 g/mol. The average Bonchev–Trinajstić information content (AvgIpc) is 2.48. The van der Waals surface area contributed by atoms with E-state index in [4.69, 9.17) is 4.74 Å². The van der Waals surface area contributed by atoms with Crippen molar-refractivity contribution in [1.82, 2.24) is 16.0 Å². The Bertz CT molecular complexity index is 462. The lowest BCUT2D eigenvalue weighted by molar-refractivity contribution is -0.132. The van der Waals surface area contributed by atoms with Crippen LogP contribution < -0.4 is 16.0 Å². The van der Waals surface area contributed by atoms with Crippen molar-refractivity contribution in [3.8, 4) is 0 Å². The number of nitrogens with zero attached hydrogens (tertiary/aromatic N) is 1. The summed E-state index contributed by atoms with van der Waals surface area (Å²) < 4.78 is 42.2. The molecule has 0 aromatic carbocycles. The summed E-state index contributed by atoms with van der Waals surface area (Å²) in [4.78, 5) is 16.5. The van der Waals surface area contributed by atoms with Gasteiger partial charge in [-0.1, -0.05) is 13.8 Å². The second kappa shape index (κ2) is 12.5. The molecule has 0 spiro atoms. The van der Waals surface area contributed by atoms with E-state index in [1.807, 2.05) is 20.8 Å². The lowest BCUT2D eigenvalue weighted by Gasteiger charge is -2.32. The fourth-order valence-corrected chi connectivity index (χ4v) is 2.10. The number of rotatable bonds is 8. The minimum Gasteiger partial charge on any atom is -0.444 e. The Labute approximate surface area is 177 Å². The van der Waals surface area contributed by atoms with Crippen LogP contribution in [-0.2, 0) is 4.74 Å². The highest BCUT2D eigenvalue weighted by Crippen LogP contribution is 2.19. The zero-order valence-electron chi connectivity index (χ0n) is 17.0. The predicted molar refractivity (Wildman–Crippen MR) is 113 cm³/mol. The predicted octanol–water partition coefficient (Wildman–Crippen LogP) is 4.20. The molecular formula is C17H34F3IN4O2. The zero-order chi connectivity index (χ0) is 20.4. The van der Waals surface area contributed by atoms with Crippen LogP contribution in [0.2, 0.25) is 0 Å². The van der Waals surface area contributed by atoms with Crippen LogP contribution in [0.5, 0.6) is 0 Å². The molecule has 0 aliphatic rings. The van der Waals surface area contributed by atoms with E-state index in [0.717, 1.165) is 0 Å². The van der Waals surface area contributed by atoms with E-state index in [1.165, 1.54) is 0 Å². The van der Waals surface area contributed by atoms with E-state index in [2.05, 4.69) is 20.9 Å². The minimum atomic E-state index is -4.22. The van der Waals surface area contributed by atoms with Gasteiger partial charge in [0, 0.05) is 13.1 Å². The molecule has 0 radical (unpaired) electrons. The first-order valence-corrected chi connectivity index (χ1v) is 8.96. The molecule has 0 heterocycles. The summed E-state index contributed by atoms with van der Waals surface area (Å²) in [5, 5.41) is 8.43. The molecule has 0 aromatic heterocycles. The molecule has 0 aliphatic heterocycles. The van der Waals surface area contributed by atoms with Gasteiger partial charge in [-0.15, -0.1) is 24.0 Å². The molecule has 0 aliphatic carbocycles. The van der Waals surface area contributed by atoms with Crippen molar-refractivity contribution < 1.29 is 22.7 Å². The van der Waals surface area contributed by atoms with E-state index in [0.29, 0.717) is 19.4 Å². The summed E-state index contributed by atoms with van der Waals surface area (Å²) in [5.41, 5.74) is -1.25. The third kappa shape index (κ3) is 13.8. The third-order valence-corrected chi connectivity index (χ3v) is 3.70. The van der Waals surface area contributed by atoms with Crippen LogP contribution in [-0.4, -0.2) is 49.0 Å². The molecule has 10 heteroatoms. The van der Waals surface area contributed by atoms with Gasteiger partial charge in [0.2, 0.25) is 0 Å². The van der Waals surface area contributed by atoms with E-state index in [-0.39, 0.29) is 43.0 Å². The lowest BCUT2D eigenvalue weighted by Crippen LogP contribution is -2.52. The fourth-order valence-electron chi connectivity index (χ4n) is 2.10. The number of hydrogen-bond acceptors (Lipinski definition) is 3. The Balaban J connectivity index is 0. The van der Waals surface area contributed by atoms with Crippen LogP contribution in [0.1, 0.15) is 60.8 Å². The number of alkyl halides is 3.